The number of ether oxygens (including phenoxy) is 1. The molecule has 0 fully saturated rings. The summed E-state index contributed by atoms with van der Waals surface area (Å²) in [5.74, 6) is 1.01. The van der Waals surface area contributed by atoms with Gasteiger partial charge in [-0.1, -0.05) is 35.0 Å². The summed E-state index contributed by atoms with van der Waals surface area (Å²) in [6.45, 7) is 2.65. The van der Waals surface area contributed by atoms with Crippen LogP contribution in [0.3, 0.4) is 0 Å². The standard InChI is InChI=1S/C14H15BrO2/c1-10(8-16)9-17-14-5-3-11-6-13(15)4-2-12(11)7-14/h2-7,10,16H,8-9H2,1H3/t10-/m0/s1. The topological polar surface area (TPSA) is 29.5 Å². The second-order valence-corrected chi connectivity index (χ2v) is 5.17. The summed E-state index contributed by atoms with van der Waals surface area (Å²) in [5, 5.41) is 11.3. The van der Waals surface area contributed by atoms with Gasteiger partial charge in [0.1, 0.15) is 5.75 Å². The minimum absolute atomic E-state index is 0.153. The number of benzene rings is 2. The van der Waals surface area contributed by atoms with Crippen LogP contribution in [0.4, 0.5) is 0 Å². The predicted molar refractivity (Wildman–Crippen MR) is 73.4 cm³/mol. The van der Waals surface area contributed by atoms with Gasteiger partial charge in [-0.15, -0.1) is 0 Å². The maximum atomic E-state index is 8.93. The number of hydrogen-bond donors (Lipinski definition) is 1. The van der Waals surface area contributed by atoms with Crippen LogP contribution in [0.15, 0.2) is 40.9 Å². The molecule has 2 rings (SSSR count). The Kier molecular flexibility index (Phi) is 4.02. The van der Waals surface area contributed by atoms with Gasteiger partial charge in [-0.25, -0.2) is 0 Å². The molecule has 0 amide bonds. The summed E-state index contributed by atoms with van der Waals surface area (Å²) in [4.78, 5) is 0. The van der Waals surface area contributed by atoms with Gasteiger partial charge >= 0.3 is 0 Å². The van der Waals surface area contributed by atoms with Gasteiger partial charge in [0.2, 0.25) is 0 Å². The van der Waals surface area contributed by atoms with Crippen LogP contribution in [0.1, 0.15) is 6.92 Å². The fourth-order valence-electron chi connectivity index (χ4n) is 1.58. The maximum Gasteiger partial charge on any atom is 0.119 e. The molecular formula is C14H15BrO2. The molecular weight excluding hydrogens is 280 g/mol. The van der Waals surface area contributed by atoms with Gasteiger partial charge in [-0.2, -0.15) is 0 Å². The fraction of sp³-hybridized carbons (Fsp3) is 0.286. The summed E-state index contributed by atoms with van der Waals surface area (Å²) in [6.07, 6.45) is 0. The van der Waals surface area contributed by atoms with Crippen molar-refractivity contribution in [1.82, 2.24) is 0 Å². The summed E-state index contributed by atoms with van der Waals surface area (Å²) >= 11 is 3.45. The van der Waals surface area contributed by atoms with E-state index in [2.05, 4.69) is 28.1 Å². The molecule has 0 radical (unpaired) electrons. The van der Waals surface area contributed by atoms with Crippen molar-refractivity contribution >= 4 is 26.7 Å². The summed E-state index contributed by atoms with van der Waals surface area (Å²) in [7, 11) is 0. The molecule has 2 aromatic rings. The fourth-order valence-corrected chi connectivity index (χ4v) is 1.95. The van der Waals surface area contributed by atoms with Crippen molar-refractivity contribution in [3.8, 4) is 5.75 Å². The molecule has 0 bridgehead atoms. The Morgan fingerprint density at radius 3 is 2.65 bits per heavy atom. The molecule has 0 heterocycles. The smallest absolute Gasteiger partial charge is 0.119 e. The average Bonchev–Trinajstić information content (AvgIpc) is 2.35. The zero-order chi connectivity index (χ0) is 12.3. The number of halogens is 1. The van der Waals surface area contributed by atoms with Crippen LogP contribution in [0, 0.1) is 5.92 Å². The lowest BCUT2D eigenvalue weighted by Gasteiger charge is -2.11. The van der Waals surface area contributed by atoms with Crippen molar-refractivity contribution in [2.24, 2.45) is 5.92 Å². The number of aliphatic hydroxyl groups excluding tert-OH is 1. The van der Waals surface area contributed by atoms with E-state index >= 15 is 0 Å². The molecule has 0 aromatic heterocycles. The van der Waals surface area contributed by atoms with Crippen molar-refractivity contribution < 1.29 is 9.84 Å². The van der Waals surface area contributed by atoms with E-state index in [1.807, 2.05) is 31.2 Å². The molecule has 0 aliphatic carbocycles. The minimum Gasteiger partial charge on any atom is -0.493 e. The Hall–Kier alpha value is -1.06. The highest BCUT2D eigenvalue weighted by Crippen LogP contribution is 2.24. The molecule has 0 unspecified atom stereocenters. The maximum absolute atomic E-state index is 8.93. The normalized spacial score (nSPS) is 12.6. The largest absolute Gasteiger partial charge is 0.493 e. The number of rotatable bonds is 4. The third-order valence-electron chi connectivity index (χ3n) is 2.62. The second-order valence-electron chi connectivity index (χ2n) is 4.25. The Labute approximate surface area is 109 Å². The molecule has 1 atom stereocenters. The molecule has 17 heavy (non-hydrogen) atoms. The van der Waals surface area contributed by atoms with E-state index < -0.39 is 0 Å². The Morgan fingerprint density at radius 1 is 1.18 bits per heavy atom. The lowest BCUT2D eigenvalue weighted by atomic mass is 10.1. The predicted octanol–water partition coefficient (Wildman–Crippen LogP) is 3.61. The Bertz CT molecular complexity index is 511. The van der Waals surface area contributed by atoms with Gasteiger partial charge in [0.25, 0.3) is 0 Å². The highest BCUT2D eigenvalue weighted by Gasteiger charge is 2.02. The van der Waals surface area contributed by atoms with Gasteiger partial charge in [-0.05, 0) is 35.0 Å². The second kappa shape index (κ2) is 5.52. The molecule has 0 saturated heterocycles. The first-order valence-electron chi connectivity index (χ1n) is 5.62. The number of aliphatic hydroxyl groups is 1. The first kappa shape index (κ1) is 12.4. The molecule has 3 heteroatoms. The van der Waals surface area contributed by atoms with Crippen molar-refractivity contribution in [2.45, 2.75) is 6.92 Å². The average molecular weight is 295 g/mol. The lowest BCUT2D eigenvalue weighted by molar-refractivity contribution is 0.174. The van der Waals surface area contributed by atoms with Crippen LogP contribution in [0.5, 0.6) is 5.75 Å². The zero-order valence-corrected chi connectivity index (χ0v) is 11.3. The summed E-state index contributed by atoms with van der Waals surface area (Å²) in [5.41, 5.74) is 0. The Morgan fingerprint density at radius 2 is 1.88 bits per heavy atom. The summed E-state index contributed by atoms with van der Waals surface area (Å²) in [6, 6.07) is 12.2. The number of fused-ring (bicyclic) bond motifs is 1. The molecule has 90 valence electrons. The van der Waals surface area contributed by atoms with E-state index in [1.165, 1.54) is 5.39 Å². The van der Waals surface area contributed by atoms with E-state index in [4.69, 9.17) is 9.84 Å². The van der Waals surface area contributed by atoms with Crippen LogP contribution in [-0.2, 0) is 0 Å². The van der Waals surface area contributed by atoms with Crippen molar-refractivity contribution in [2.75, 3.05) is 13.2 Å². The third kappa shape index (κ3) is 3.20. The molecule has 2 nitrogen and oxygen atoms in total. The molecule has 2 aromatic carbocycles. The van der Waals surface area contributed by atoms with Gasteiger partial charge in [0, 0.05) is 17.0 Å². The zero-order valence-electron chi connectivity index (χ0n) is 9.69. The highest BCUT2D eigenvalue weighted by molar-refractivity contribution is 9.10. The van der Waals surface area contributed by atoms with Crippen molar-refractivity contribution in [3.63, 3.8) is 0 Å². The minimum atomic E-state index is 0.153. The molecule has 0 saturated carbocycles. The van der Waals surface area contributed by atoms with E-state index in [0.717, 1.165) is 15.6 Å². The van der Waals surface area contributed by atoms with Gasteiger partial charge in [-0.3, -0.25) is 0 Å². The molecule has 0 spiro atoms. The van der Waals surface area contributed by atoms with Crippen LogP contribution in [-0.4, -0.2) is 18.3 Å². The quantitative estimate of drug-likeness (QED) is 0.933. The van der Waals surface area contributed by atoms with Crippen molar-refractivity contribution in [3.05, 3.63) is 40.9 Å². The van der Waals surface area contributed by atoms with Crippen LogP contribution in [0.2, 0.25) is 0 Å². The van der Waals surface area contributed by atoms with Gasteiger partial charge < -0.3 is 9.84 Å². The van der Waals surface area contributed by atoms with E-state index in [1.54, 1.807) is 0 Å². The lowest BCUT2D eigenvalue weighted by Crippen LogP contribution is -2.11. The van der Waals surface area contributed by atoms with Crippen LogP contribution < -0.4 is 4.74 Å². The van der Waals surface area contributed by atoms with Crippen molar-refractivity contribution in [1.29, 1.82) is 0 Å². The monoisotopic (exact) mass is 294 g/mol. The third-order valence-corrected chi connectivity index (χ3v) is 3.11. The van der Waals surface area contributed by atoms with Gasteiger partial charge in [0.15, 0.2) is 0 Å². The molecule has 0 aliphatic heterocycles. The Balaban J connectivity index is 2.17. The van der Waals surface area contributed by atoms with Crippen LogP contribution >= 0.6 is 15.9 Å². The SMILES string of the molecule is C[C@@H](CO)COc1ccc2cc(Br)ccc2c1. The number of hydrogen-bond acceptors (Lipinski definition) is 2. The van der Waals surface area contributed by atoms with E-state index in [-0.39, 0.29) is 12.5 Å². The van der Waals surface area contributed by atoms with Crippen LogP contribution in [0.25, 0.3) is 10.8 Å². The van der Waals surface area contributed by atoms with E-state index in [9.17, 15) is 0 Å². The first-order valence-corrected chi connectivity index (χ1v) is 6.41. The highest BCUT2D eigenvalue weighted by atomic mass is 79.9. The molecule has 1 N–H and O–H groups in total. The van der Waals surface area contributed by atoms with E-state index in [0.29, 0.717) is 6.61 Å². The first-order chi connectivity index (χ1) is 8.19. The molecule has 0 aliphatic rings. The summed E-state index contributed by atoms with van der Waals surface area (Å²) < 4.78 is 6.70. The van der Waals surface area contributed by atoms with Gasteiger partial charge in [0.05, 0.1) is 6.61 Å².